The molecule has 6 heteroatoms. The number of nitro benzene ring substituents is 1. The van der Waals surface area contributed by atoms with E-state index in [-0.39, 0.29) is 26.4 Å². The summed E-state index contributed by atoms with van der Waals surface area (Å²) < 4.78 is 7.13. The Morgan fingerprint density at radius 2 is 1.86 bits per heavy atom. The first-order valence-electron chi connectivity index (χ1n) is 9.58. The first kappa shape index (κ1) is 19.4. The number of rotatable bonds is 7. The summed E-state index contributed by atoms with van der Waals surface area (Å²) in [4.78, 5) is 15.6. The number of unbranched alkanes of at least 4 members (excludes halogenated alkanes) is 1. The molecule has 0 spiro atoms. The molecule has 0 N–H and O–H groups in total. The number of nitrogens with zero attached hydrogens (tertiary/aromatic N) is 2. The van der Waals surface area contributed by atoms with Gasteiger partial charge in [-0.15, -0.1) is 0 Å². The molecule has 1 radical (unpaired) electrons. The Kier molecular flexibility index (Phi) is 5.77. The zero-order chi connectivity index (χ0) is 20.2. The van der Waals surface area contributed by atoms with Crippen LogP contribution in [0.1, 0.15) is 19.8 Å². The second-order valence-electron chi connectivity index (χ2n) is 6.76. The normalized spacial score (nSPS) is 11.5. The molecule has 0 aliphatic carbocycles. The molecule has 0 bridgehead atoms. The molecule has 0 atom stereocenters. The molecule has 0 unspecified atom stereocenters. The summed E-state index contributed by atoms with van der Waals surface area (Å²) in [5, 5.41) is 12.4. The standard InChI is InChI=1S/C23H20AsN2O3/c1-2-3-13-24-20-11-10-18(26(27)28)15-19(20)23-25-21-14-17(9-12-22(21)29-23)16-7-5-4-6-8-16/h4-12,14-15H,2-3,13H2,1H3. The van der Waals surface area contributed by atoms with Crippen LogP contribution in [0.15, 0.2) is 71.1 Å². The first-order valence-corrected chi connectivity index (χ1v) is 11.8. The predicted molar refractivity (Wildman–Crippen MR) is 117 cm³/mol. The van der Waals surface area contributed by atoms with Crippen LogP contribution >= 0.6 is 0 Å². The second kappa shape index (κ2) is 8.62. The first-order chi connectivity index (χ1) is 14.2. The second-order valence-corrected chi connectivity index (χ2v) is 9.37. The average molecular weight is 447 g/mol. The minimum absolute atomic E-state index is 0.0627. The number of aromatic nitrogens is 1. The molecule has 4 aromatic rings. The predicted octanol–water partition coefficient (Wildman–Crippen LogP) is 5.62. The van der Waals surface area contributed by atoms with Crippen molar-refractivity contribution < 1.29 is 9.34 Å². The van der Waals surface area contributed by atoms with Gasteiger partial charge in [-0.1, -0.05) is 0 Å². The van der Waals surface area contributed by atoms with Crippen LogP contribution in [0.25, 0.3) is 33.7 Å². The van der Waals surface area contributed by atoms with E-state index in [1.165, 1.54) is 0 Å². The Balaban J connectivity index is 1.76. The van der Waals surface area contributed by atoms with E-state index in [4.69, 9.17) is 4.42 Å². The molecule has 1 heterocycles. The van der Waals surface area contributed by atoms with E-state index in [9.17, 15) is 10.1 Å². The number of hydrogen-bond acceptors (Lipinski definition) is 4. The quantitative estimate of drug-likeness (QED) is 0.160. The van der Waals surface area contributed by atoms with Crippen LogP contribution < -0.4 is 4.35 Å². The van der Waals surface area contributed by atoms with Gasteiger partial charge < -0.3 is 0 Å². The van der Waals surface area contributed by atoms with E-state index in [2.05, 4.69) is 24.0 Å². The van der Waals surface area contributed by atoms with Crippen molar-refractivity contribution in [1.29, 1.82) is 0 Å². The number of benzene rings is 3. The Morgan fingerprint density at radius 1 is 1.03 bits per heavy atom. The molecular weight excluding hydrogens is 427 g/mol. The molecule has 0 aliphatic heterocycles. The van der Waals surface area contributed by atoms with E-state index < -0.39 is 0 Å². The summed E-state index contributed by atoms with van der Waals surface area (Å²) in [6.45, 7) is 2.17. The van der Waals surface area contributed by atoms with Crippen molar-refractivity contribution in [3.63, 3.8) is 0 Å². The third kappa shape index (κ3) is 4.25. The minimum atomic E-state index is -0.369. The number of non-ortho nitro benzene ring substituents is 1. The van der Waals surface area contributed by atoms with Gasteiger partial charge in [-0.3, -0.25) is 0 Å². The molecule has 145 valence electrons. The molecule has 0 saturated heterocycles. The Bertz CT molecular complexity index is 1160. The molecule has 3 aromatic carbocycles. The number of nitro groups is 1. The van der Waals surface area contributed by atoms with Gasteiger partial charge in [0.1, 0.15) is 0 Å². The monoisotopic (exact) mass is 447 g/mol. The van der Waals surface area contributed by atoms with Crippen molar-refractivity contribution in [2.75, 3.05) is 0 Å². The van der Waals surface area contributed by atoms with Crippen LogP contribution in [-0.2, 0) is 0 Å². The SMILES string of the molecule is CCCC[As]c1ccc([N+](=O)[O-])cc1-c1nc2cc(-c3ccccc3)ccc2o1. The van der Waals surface area contributed by atoms with Gasteiger partial charge in [0.2, 0.25) is 0 Å². The van der Waals surface area contributed by atoms with Gasteiger partial charge in [-0.05, 0) is 0 Å². The van der Waals surface area contributed by atoms with Crippen LogP contribution in [0.5, 0.6) is 0 Å². The molecule has 1 aromatic heterocycles. The fourth-order valence-electron chi connectivity index (χ4n) is 3.16. The maximum atomic E-state index is 11.3. The Labute approximate surface area is 175 Å². The van der Waals surface area contributed by atoms with Gasteiger partial charge in [0, 0.05) is 0 Å². The summed E-state index contributed by atoms with van der Waals surface area (Å²) in [7, 11) is 0. The number of oxazole rings is 1. The van der Waals surface area contributed by atoms with Gasteiger partial charge in [0.05, 0.1) is 0 Å². The summed E-state index contributed by atoms with van der Waals surface area (Å²) in [6.07, 6.45) is 2.30. The maximum absolute atomic E-state index is 11.3. The molecule has 0 fully saturated rings. The van der Waals surface area contributed by atoms with Crippen LogP contribution in [0.3, 0.4) is 0 Å². The van der Waals surface area contributed by atoms with Gasteiger partial charge >= 0.3 is 176 Å². The molecule has 5 nitrogen and oxygen atoms in total. The van der Waals surface area contributed by atoms with Gasteiger partial charge in [-0.2, -0.15) is 0 Å². The summed E-state index contributed by atoms with van der Waals surface area (Å²) >= 11 is -0.0933. The van der Waals surface area contributed by atoms with Crippen molar-refractivity contribution in [3.8, 4) is 22.6 Å². The van der Waals surface area contributed by atoms with E-state index in [1.807, 2.05) is 42.5 Å². The zero-order valence-corrected chi connectivity index (χ0v) is 17.9. The van der Waals surface area contributed by atoms with Crippen LogP contribution in [-0.4, -0.2) is 25.7 Å². The van der Waals surface area contributed by atoms with E-state index in [1.54, 1.807) is 12.1 Å². The molecule has 0 saturated carbocycles. The third-order valence-corrected chi connectivity index (χ3v) is 7.38. The number of hydrogen-bond donors (Lipinski definition) is 0. The van der Waals surface area contributed by atoms with Crippen molar-refractivity contribution >= 4 is 36.9 Å². The van der Waals surface area contributed by atoms with E-state index >= 15 is 0 Å². The summed E-state index contributed by atoms with van der Waals surface area (Å²) in [6, 6.07) is 21.1. The zero-order valence-electron chi connectivity index (χ0n) is 16.0. The van der Waals surface area contributed by atoms with Crippen LogP contribution in [0, 0.1) is 10.1 Å². The Morgan fingerprint density at radius 3 is 2.62 bits per heavy atom. The molecule has 29 heavy (non-hydrogen) atoms. The van der Waals surface area contributed by atoms with Gasteiger partial charge in [0.15, 0.2) is 0 Å². The summed E-state index contributed by atoms with van der Waals surface area (Å²) in [5.74, 6) is 0.454. The van der Waals surface area contributed by atoms with Gasteiger partial charge in [-0.25, -0.2) is 0 Å². The molecule has 4 rings (SSSR count). The number of fused-ring (bicyclic) bond motifs is 1. The van der Waals surface area contributed by atoms with Crippen molar-refractivity contribution in [2.45, 2.75) is 25.0 Å². The average Bonchev–Trinajstić information content (AvgIpc) is 3.18. The topological polar surface area (TPSA) is 69.2 Å². The van der Waals surface area contributed by atoms with Crippen molar-refractivity contribution in [2.24, 2.45) is 0 Å². The summed E-state index contributed by atoms with van der Waals surface area (Å²) in [5.41, 5.74) is 4.41. The van der Waals surface area contributed by atoms with Crippen molar-refractivity contribution in [1.82, 2.24) is 4.98 Å². The van der Waals surface area contributed by atoms with Crippen LogP contribution in [0.4, 0.5) is 5.69 Å². The van der Waals surface area contributed by atoms with Gasteiger partial charge in [0.25, 0.3) is 0 Å². The molecular formula is C23H20AsN2O3. The molecule has 0 aliphatic rings. The third-order valence-electron chi connectivity index (χ3n) is 4.71. The molecule has 0 amide bonds. The van der Waals surface area contributed by atoms with E-state index in [0.29, 0.717) is 11.5 Å². The van der Waals surface area contributed by atoms with Crippen molar-refractivity contribution in [3.05, 3.63) is 76.8 Å². The Hall–Kier alpha value is -2.91. The van der Waals surface area contributed by atoms with E-state index in [0.717, 1.165) is 44.6 Å². The fraction of sp³-hybridized carbons (Fsp3) is 0.174. The fourth-order valence-corrected chi connectivity index (χ4v) is 5.73. The van der Waals surface area contributed by atoms with Crippen LogP contribution in [0.2, 0.25) is 5.21 Å².